The van der Waals surface area contributed by atoms with E-state index in [1.165, 1.54) is 28.7 Å². The summed E-state index contributed by atoms with van der Waals surface area (Å²) in [5.41, 5.74) is 2.42. The van der Waals surface area contributed by atoms with E-state index >= 15 is 4.79 Å². The molecule has 3 fully saturated rings. The van der Waals surface area contributed by atoms with E-state index in [1.807, 2.05) is 80.4 Å². The van der Waals surface area contributed by atoms with Gasteiger partial charge in [0.15, 0.2) is 5.60 Å². The van der Waals surface area contributed by atoms with Crippen LogP contribution in [0.15, 0.2) is 78.0 Å². The van der Waals surface area contributed by atoms with Crippen LogP contribution < -0.4 is 20.5 Å². The number of rotatable bonds is 11. The van der Waals surface area contributed by atoms with Crippen molar-refractivity contribution in [3.63, 3.8) is 0 Å². The van der Waals surface area contributed by atoms with Crippen molar-refractivity contribution in [2.75, 3.05) is 71.3 Å². The SMILES string of the molecule is CC[C@]1(O)C[C@H]2CN(CCc3c([nH]c4ccccc34)[C@@](C(=O)OC)(c3cc4c(cc3OC)N(C)[C@H]3[C@@](O)(C(=O)NNC(=O)OCCSSc5ccccn5)[C@H](O)[C@]5(CC)C=CCN6CC[C@]43[C@@H]65)C2)C1. The van der Waals surface area contributed by atoms with E-state index in [-0.39, 0.29) is 18.6 Å². The summed E-state index contributed by atoms with van der Waals surface area (Å²) < 4.78 is 17.8. The van der Waals surface area contributed by atoms with Gasteiger partial charge >= 0.3 is 12.1 Å². The maximum Gasteiger partial charge on any atom is 0.426 e. The molecule has 6 aliphatic rings. The first kappa shape index (κ1) is 47.8. The number of aliphatic hydroxyl groups excluding tert-OH is 1. The van der Waals surface area contributed by atoms with E-state index < -0.39 is 57.6 Å². The summed E-state index contributed by atoms with van der Waals surface area (Å²) in [6.45, 7) is 7.14. The Balaban J connectivity index is 1.09. The number of nitrogens with one attached hydrogen (secondary N) is 3. The first-order chi connectivity index (χ1) is 33.2. The summed E-state index contributed by atoms with van der Waals surface area (Å²) in [6, 6.07) is 16.2. The van der Waals surface area contributed by atoms with Crippen molar-refractivity contribution < 1.29 is 43.9 Å². The van der Waals surface area contributed by atoms with Crippen molar-refractivity contribution in [2.24, 2.45) is 11.3 Å². The average Bonchev–Trinajstić information content (AvgIpc) is 4.03. The summed E-state index contributed by atoms with van der Waals surface area (Å²) in [5.74, 6) is -0.720. The molecule has 69 heavy (non-hydrogen) atoms. The van der Waals surface area contributed by atoms with Crippen LogP contribution in [-0.2, 0) is 36.3 Å². The Morgan fingerprint density at radius 2 is 1.80 bits per heavy atom. The average molecular weight is 982 g/mol. The fraction of sp³-hybridized carbons (Fsp3) is 0.529. The zero-order valence-corrected chi connectivity index (χ0v) is 41.5. The fourth-order valence-electron chi connectivity index (χ4n) is 13.9. The van der Waals surface area contributed by atoms with Gasteiger partial charge < -0.3 is 39.4 Å². The monoisotopic (exact) mass is 981 g/mol. The third-order valence-electron chi connectivity index (χ3n) is 16.7. The normalized spacial score (nSPS) is 33.2. The molecule has 10 rings (SSSR count). The minimum Gasteiger partial charge on any atom is -0.496 e. The lowest BCUT2D eigenvalue weighted by Gasteiger charge is -2.63. The molecular weight excluding hydrogens is 919 g/mol. The lowest BCUT2D eigenvalue weighted by atomic mass is 9.47. The number of pyridine rings is 1. The lowest BCUT2D eigenvalue weighted by molar-refractivity contribution is -0.204. The van der Waals surface area contributed by atoms with Crippen LogP contribution in [0.4, 0.5) is 10.5 Å². The first-order valence-corrected chi connectivity index (χ1v) is 26.4. The Kier molecular flexibility index (Phi) is 12.5. The maximum atomic E-state index is 15.4. The van der Waals surface area contributed by atoms with Gasteiger partial charge in [-0.25, -0.2) is 15.2 Å². The van der Waals surface area contributed by atoms with Gasteiger partial charge in [-0.1, -0.05) is 61.1 Å². The summed E-state index contributed by atoms with van der Waals surface area (Å²) in [7, 11) is 7.73. The Labute approximate surface area is 410 Å². The second kappa shape index (κ2) is 18.1. The number of benzene rings is 2. The number of nitrogens with zero attached hydrogens (tertiary/aromatic N) is 4. The number of para-hydroxylation sites is 1. The number of hydrazine groups is 1. The maximum absolute atomic E-state index is 15.4. The van der Waals surface area contributed by atoms with Gasteiger partial charge in [0.2, 0.25) is 0 Å². The number of amides is 2. The predicted octanol–water partition coefficient (Wildman–Crippen LogP) is 4.84. The van der Waals surface area contributed by atoms with Crippen molar-refractivity contribution in [1.29, 1.82) is 0 Å². The highest BCUT2D eigenvalue weighted by Crippen LogP contribution is 2.67. The van der Waals surface area contributed by atoms with Gasteiger partial charge in [0.05, 0.1) is 25.9 Å². The van der Waals surface area contributed by atoms with E-state index in [0.717, 1.165) is 32.7 Å². The lowest BCUT2D eigenvalue weighted by Crippen LogP contribution is -2.82. The molecule has 2 aromatic heterocycles. The molecule has 1 aliphatic carbocycles. The number of aromatic nitrogens is 2. The number of fused-ring (bicyclic) bond motifs is 6. The highest BCUT2D eigenvalue weighted by atomic mass is 33.1. The predicted molar refractivity (Wildman–Crippen MR) is 264 cm³/mol. The summed E-state index contributed by atoms with van der Waals surface area (Å²) in [6.07, 6.45) is 5.99. The van der Waals surface area contributed by atoms with Crippen molar-refractivity contribution >= 4 is 56.1 Å². The molecule has 2 saturated heterocycles. The largest absolute Gasteiger partial charge is 0.496 e. The van der Waals surface area contributed by atoms with Crippen molar-refractivity contribution in [3.05, 3.63) is 95.3 Å². The molecule has 0 radical (unpaired) electrons. The number of H-pyrrole nitrogens is 1. The van der Waals surface area contributed by atoms with Gasteiger partial charge in [0.25, 0.3) is 5.91 Å². The Bertz CT molecular complexity index is 2670. The molecule has 6 N–H and O–H groups in total. The standard InChI is InChI=1S/C51H63N7O9S2/c1-6-47(63)27-31-28-50(45(61)66-5,40-33(16-21-57(29-31)30-47)32-13-8-9-14-36(32)53-40)35-25-34-37(26-38(35)65-4)56(3)42-49(34)18-22-58-20-12-17-48(7-2,41(49)58)43(59)51(42,64)44(60)54-55-46(62)67-23-24-68-69-39-15-10-11-19-52-39/h8-15,17,19,25-26,31,41-43,53,59,63-64H,6-7,16,18,20-24,27-30H2,1-5H3,(H,54,60)(H,55,62)/t31-,41+,42-,43-,47+,48-,49-,50+,51+/m1/s1. The Morgan fingerprint density at radius 1 is 0.986 bits per heavy atom. The number of aliphatic hydroxyl groups is 3. The fourth-order valence-corrected chi connectivity index (χ4v) is 15.6. The number of piperidine rings is 1. The molecule has 2 aromatic carbocycles. The molecule has 4 aromatic rings. The number of hydrogen-bond acceptors (Lipinski definition) is 15. The van der Waals surface area contributed by atoms with Gasteiger partial charge in [-0.2, -0.15) is 0 Å². The quantitative estimate of drug-likeness (QED) is 0.0392. The number of methoxy groups -OCH3 is 2. The Hall–Kier alpha value is -4.82. The number of carbonyl (C=O) groups is 3. The number of hydrogen-bond donors (Lipinski definition) is 6. The zero-order chi connectivity index (χ0) is 48.5. The molecule has 2 bridgehead atoms. The first-order valence-electron chi connectivity index (χ1n) is 24.1. The molecule has 1 spiro atoms. The van der Waals surface area contributed by atoms with Crippen LogP contribution in [0.25, 0.3) is 10.9 Å². The number of carbonyl (C=O) groups excluding carboxylic acids is 3. The number of aromatic amines is 1. The minimum atomic E-state index is -2.51. The van der Waals surface area contributed by atoms with Crippen LogP contribution in [0.5, 0.6) is 5.75 Å². The summed E-state index contributed by atoms with van der Waals surface area (Å²) >= 11 is 0. The number of likely N-dealkylation sites (N-methyl/N-ethyl adjacent to an activating group) is 1. The third-order valence-corrected chi connectivity index (χ3v) is 18.9. The zero-order valence-electron chi connectivity index (χ0n) is 39.8. The van der Waals surface area contributed by atoms with Gasteiger partial charge in [-0.05, 0) is 97.2 Å². The number of esters is 1. The van der Waals surface area contributed by atoms with Gasteiger partial charge in [-0.3, -0.25) is 24.8 Å². The second-order valence-corrected chi connectivity index (χ2v) is 22.3. The topological polar surface area (TPSA) is 202 Å². The van der Waals surface area contributed by atoms with Gasteiger partial charge in [0, 0.05) is 96.0 Å². The van der Waals surface area contributed by atoms with E-state index in [4.69, 9.17) is 14.2 Å². The van der Waals surface area contributed by atoms with E-state index in [9.17, 15) is 24.9 Å². The molecule has 1 unspecified atom stereocenters. The molecule has 10 atom stereocenters. The molecule has 16 nitrogen and oxygen atoms in total. The van der Waals surface area contributed by atoms with Crippen LogP contribution >= 0.6 is 21.6 Å². The van der Waals surface area contributed by atoms with Gasteiger partial charge in [-0.15, -0.1) is 0 Å². The summed E-state index contributed by atoms with van der Waals surface area (Å²) in [5, 5.41) is 40.2. The Morgan fingerprint density at radius 3 is 2.55 bits per heavy atom. The molecule has 1 saturated carbocycles. The van der Waals surface area contributed by atoms with E-state index in [2.05, 4.69) is 42.8 Å². The second-order valence-electron chi connectivity index (χ2n) is 19.9. The minimum absolute atomic E-state index is 0.0415. The third kappa shape index (κ3) is 7.28. The van der Waals surface area contributed by atoms with Crippen molar-refractivity contribution in [1.82, 2.24) is 30.6 Å². The molecule has 2 amide bonds. The molecule has 368 valence electrons. The molecule has 5 aliphatic heterocycles. The number of ether oxygens (including phenoxy) is 3. The van der Waals surface area contributed by atoms with Crippen molar-refractivity contribution in [3.8, 4) is 5.75 Å². The van der Waals surface area contributed by atoms with Crippen LogP contribution in [0.2, 0.25) is 0 Å². The van der Waals surface area contributed by atoms with Crippen molar-refractivity contribution in [2.45, 2.75) is 97.6 Å². The van der Waals surface area contributed by atoms with Crippen LogP contribution in [0, 0.1) is 11.3 Å². The summed E-state index contributed by atoms with van der Waals surface area (Å²) in [4.78, 5) is 58.0. The number of anilines is 1. The van der Waals surface area contributed by atoms with Crippen LogP contribution in [-0.4, -0.2) is 149 Å². The van der Waals surface area contributed by atoms with Crippen LogP contribution in [0.1, 0.15) is 68.3 Å². The van der Waals surface area contributed by atoms with Gasteiger partial charge in [0.1, 0.15) is 28.9 Å². The molecule has 7 heterocycles. The molecule has 18 heteroatoms. The smallest absolute Gasteiger partial charge is 0.426 e. The van der Waals surface area contributed by atoms with Crippen LogP contribution in [0.3, 0.4) is 0 Å². The molecular formula is C51H63N7O9S2. The van der Waals surface area contributed by atoms with E-state index in [0.29, 0.717) is 94.0 Å². The highest BCUT2D eigenvalue weighted by molar-refractivity contribution is 8.76. The highest BCUT2D eigenvalue weighted by Gasteiger charge is 2.79. The van der Waals surface area contributed by atoms with E-state index in [1.54, 1.807) is 13.3 Å².